The molecule has 0 amide bonds. The van der Waals surface area contributed by atoms with E-state index in [0.29, 0.717) is 0 Å². The molecule has 1 aliphatic rings. The number of hydrogen-bond acceptors (Lipinski definition) is 3. The Hall–Kier alpha value is -2.20. The summed E-state index contributed by atoms with van der Waals surface area (Å²) in [6, 6.07) is 20.4. The van der Waals surface area contributed by atoms with Crippen LogP contribution in [0.5, 0.6) is 11.5 Å². The summed E-state index contributed by atoms with van der Waals surface area (Å²) in [5.74, 6) is 1.51. The van der Waals surface area contributed by atoms with Gasteiger partial charge in [-0.1, -0.05) is 47.5 Å². The van der Waals surface area contributed by atoms with Crippen LogP contribution in [-0.2, 0) is 13.0 Å². The molecule has 3 aromatic carbocycles. The first-order chi connectivity index (χ1) is 14.1. The van der Waals surface area contributed by atoms with Crippen LogP contribution in [0.25, 0.3) is 0 Å². The zero-order chi connectivity index (χ0) is 20.4. The van der Waals surface area contributed by atoms with Gasteiger partial charge < -0.3 is 9.47 Å². The maximum Gasteiger partial charge on any atom is 0.161 e. The molecule has 4 rings (SSSR count). The fraction of sp³-hybridized carbons (Fsp3) is 0.250. The lowest BCUT2D eigenvalue weighted by Gasteiger charge is -2.38. The molecule has 0 radical (unpaired) electrons. The minimum absolute atomic E-state index is 0.0768. The van der Waals surface area contributed by atoms with E-state index in [-0.39, 0.29) is 6.04 Å². The Morgan fingerprint density at radius 3 is 2.31 bits per heavy atom. The second kappa shape index (κ2) is 8.66. The maximum absolute atomic E-state index is 6.34. The summed E-state index contributed by atoms with van der Waals surface area (Å²) < 4.78 is 11.1. The van der Waals surface area contributed by atoms with E-state index < -0.39 is 0 Å². The van der Waals surface area contributed by atoms with E-state index in [1.54, 1.807) is 14.2 Å². The second-order valence-corrected chi connectivity index (χ2v) is 8.08. The highest BCUT2D eigenvalue weighted by Gasteiger charge is 2.30. The summed E-state index contributed by atoms with van der Waals surface area (Å²) in [5.41, 5.74) is 4.90. The minimum Gasteiger partial charge on any atom is -0.493 e. The van der Waals surface area contributed by atoms with Gasteiger partial charge >= 0.3 is 0 Å². The van der Waals surface area contributed by atoms with Gasteiger partial charge in [-0.25, -0.2) is 0 Å². The van der Waals surface area contributed by atoms with E-state index in [0.717, 1.165) is 41.1 Å². The molecule has 0 saturated carbocycles. The summed E-state index contributed by atoms with van der Waals surface area (Å²) in [5, 5.41) is 1.49. The smallest absolute Gasteiger partial charge is 0.161 e. The summed E-state index contributed by atoms with van der Waals surface area (Å²) in [6.45, 7) is 1.75. The molecule has 150 valence electrons. The average Bonchev–Trinajstić information content (AvgIpc) is 2.74. The molecule has 0 saturated heterocycles. The highest BCUT2D eigenvalue weighted by molar-refractivity contribution is 6.30. The van der Waals surface area contributed by atoms with Crippen LogP contribution in [0.15, 0.2) is 60.7 Å². The van der Waals surface area contributed by atoms with Gasteiger partial charge in [0.2, 0.25) is 0 Å². The van der Waals surface area contributed by atoms with Crippen molar-refractivity contribution in [1.82, 2.24) is 4.90 Å². The van der Waals surface area contributed by atoms with Crippen LogP contribution in [-0.4, -0.2) is 25.7 Å². The van der Waals surface area contributed by atoms with Crippen LogP contribution in [0.2, 0.25) is 10.0 Å². The van der Waals surface area contributed by atoms with Crippen molar-refractivity contribution in [3.8, 4) is 11.5 Å². The van der Waals surface area contributed by atoms with Gasteiger partial charge in [0.15, 0.2) is 11.5 Å². The normalized spacial score (nSPS) is 16.3. The number of hydrogen-bond donors (Lipinski definition) is 0. The van der Waals surface area contributed by atoms with Gasteiger partial charge in [-0.05, 0) is 65.1 Å². The standard InChI is InChI=1S/C24H23Cl2NO2/c1-28-22-13-17-10-11-27(15-16-6-8-19(25)9-7-16)24(21(17)14-23(22)29-2)18-4-3-5-20(26)12-18/h3-9,12-14,24H,10-11,15H2,1-2H3/t24-/m0/s1. The van der Waals surface area contributed by atoms with Gasteiger partial charge in [-0.2, -0.15) is 0 Å². The fourth-order valence-corrected chi connectivity index (χ4v) is 4.38. The number of fused-ring (bicyclic) bond motifs is 1. The van der Waals surface area contributed by atoms with Crippen LogP contribution < -0.4 is 9.47 Å². The molecule has 29 heavy (non-hydrogen) atoms. The Labute approximate surface area is 181 Å². The zero-order valence-electron chi connectivity index (χ0n) is 16.5. The fourth-order valence-electron chi connectivity index (χ4n) is 4.06. The van der Waals surface area contributed by atoms with Crippen LogP contribution in [0.3, 0.4) is 0 Å². The summed E-state index contributed by atoms with van der Waals surface area (Å²) in [6.07, 6.45) is 0.945. The monoisotopic (exact) mass is 427 g/mol. The van der Waals surface area contributed by atoms with Crippen molar-refractivity contribution in [1.29, 1.82) is 0 Å². The molecule has 1 atom stereocenters. The Balaban J connectivity index is 1.79. The van der Waals surface area contributed by atoms with Crippen molar-refractivity contribution in [3.63, 3.8) is 0 Å². The molecule has 1 heterocycles. The number of methoxy groups -OCH3 is 2. The number of nitrogens with zero attached hydrogens (tertiary/aromatic N) is 1. The second-order valence-electron chi connectivity index (χ2n) is 7.21. The molecule has 0 unspecified atom stereocenters. The Bertz CT molecular complexity index is 1000. The van der Waals surface area contributed by atoms with Crippen LogP contribution in [0.1, 0.15) is 28.3 Å². The summed E-state index contributed by atoms with van der Waals surface area (Å²) in [4.78, 5) is 2.48. The van der Waals surface area contributed by atoms with Crippen molar-refractivity contribution in [2.45, 2.75) is 19.0 Å². The van der Waals surface area contributed by atoms with E-state index in [1.807, 2.05) is 30.3 Å². The Morgan fingerprint density at radius 1 is 0.897 bits per heavy atom. The molecule has 5 heteroatoms. The third-order valence-corrected chi connectivity index (χ3v) is 5.92. The maximum atomic E-state index is 6.34. The SMILES string of the molecule is COc1cc2c(cc1OC)[C@H](c1cccc(Cl)c1)N(Cc1ccc(Cl)cc1)CC2. The van der Waals surface area contributed by atoms with Crippen molar-refractivity contribution < 1.29 is 9.47 Å². The highest BCUT2D eigenvalue weighted by Crippen LogP contribution is 2.42. The minimum atomic E-state index is 0.0768. The quantitative estimate of drug-likeness (QED) is 0.486. The number of benzene rings is 3. The lowest BCUT2D eigenvalue weighted by atomic mass is 9.87. The highest BCUT2D eigenvalue weighted by atomic mass is 35.5. The molecule has 0 aliphatic carbocycles. The molecular formula is C24H23Cl2NO2. The third kappa shape index (κ3) is 4.23. The van der Waals surface area contributed by atoms with Gasteiger partial charge in [-0.15, -0.1) is 0 Å². The number of rotatable bonds is 5. The molecule has 0 aromatic heterocycles. The first-order valence-electron chi connectivity index (χ1n) is 9.58. The van der Waals surface area contributed by atoms with Gasteiger partial charge in [-0.3, -0.25) is 4.90 Å². The molecule has 1 aliphatic heterocycles. The van der Waals surface area contributed by atoms with Crippen molar-refractivity contribution in [2.24, 2.45) is 0 Å². The van der Waals surface area contributed by atoms with Gasteiger partial charge in [0.25, 0.3) is 0 Å². The van der Waals surface area contributed by atoms with Crippen LogP contribution >= 0.6 is 23.2 Å². The van der Waals surface area contributed by atoms with E-state index >= 15 is 0 Å². The van der Waals surface area contributed by atoms with E-state index in [1.165, 1.54) is 22.3 Å². The molecule has 0 bridgehead atoms. The topological polar surface area (TPSA) is 21.7 Å². The van der Waals surface area contributed by atoms with Crippen LogP contribution in [0.4, 0.5) is 0 Å². The van der Waals surface area contributed by atoms with E-state index in [2.05, 4.69) is 35.2 Å². The number of halogens is 2. The van der Waals surface area contributed by atoms with E-state index in [9.17, 15) is 0 Å². The Morgan fingerprint density at radius 2 is 1.62 bits per heavy atom. The largest absolute Gasteiger partial charge is 0.493 e. The van der Waals surface area contributed by atoms with Crippen molar-refractivity contribution >= 4 is 23.2 Å². The predicted molar refractivity (Wildman–Crippen MR) is 118 cm³/mol. The van der Waals surface area contributed by atoms with Gasteiger partial charge in [0.05, 0.1) is 20.3 Å². The molecule has 0 N–H and O–H groups in total. The molecule has 0 spiro atoms. The lowest BCUT2D eigenvalue weighted by Crippen LogP contribution is -2.35. The molecule has 3 aromatic rings. The number of ether oxygens (including phenoxy) is 2. The van der Waals surface area contributed by atoms with Crippen molar-refractivity contribution in [2.75, 3.05) is 20.8 Å². The average molecular weight is 428 g/mol. The van der Waals surface area contributed by atoms with Crippen molar-refractivity contribution in [3.05, 3.63) is 93.0 Å². The predicted octanol–water partition coefficient (Wildman–Crippen LogP) is 6.16. The molecule has 0 fully saturated rings. The summed E-state index contributed by atoms with van der Waals surface area (Å²) in [7, 11) is 3.35. The lowest BCUT2D eigenvalue weighted by molar-refractivity contribution is 0.203. The summed E-state index contributed by atoms with van der Waals surface area (Å²) >= 11 is 12.4. The Kier molecular flexibility index (Phi) is 6.00. The molecular weight excluding hydrogens is 405 g/mol. The van der Waals surface area contributed by atoms with E-state index in [4.69, 9.17) is 32.7 Å². The van der Waals surface area contributed by atoms with Gasteiger partial charge in [0.1, 0.15) is 0 Å². The van der Waals surface area contributed by atoms with Crippen LogP contribution in [0, 0.1) is 0 Å². The first-order valence-corrected chi connectivity index (χ1v) is 10.3. The van der Waals surface area contributed by atoms with Gasteiger partial charge in [0, 0.05) is 23.1 Å². The first kappa shape index (κ1) is 20.1. The third-order valence-electron chi connectivity index (χ3n) is 5.44. The zero-order valence-corrected chi connectivity index (χ0v) is 18.0. The molecule has 3 nitrogen and oxygen atoms in total.